The Morgan fingerprint density at radius 3 is 1.60 bits per heavy atom. The number of rotatable bonds is 4. The van der Waals surface area contributed by atoms with Crippen molar-refractivity contribution in [1.29, 1.82) is 0 Å². The molecule has 0 unspecified atom stereocenters. The van der Waals surface area contributed by atoms with Crippen LogP contribution in [0.2, 0.25) is 0 Å². The molecule has 0 N–H and O–H groups in total. The predicted octanol–water partition coefficient (Wildman–Crippen LogP) is 11.5. The topological polar surface area (TPSA) is 43.6 Å². The molecule has 0 radical (unpaired) electrons. The van der Waals surface area contributed by atoms with Gasteiger partial charge >= 0.3 is 0 Å². The number of thiophene rings is 1. The summed E-state index contributed by atoms with van der Waals surface area (Å²) in [5, 5.41) is 7.78. The molecule has 0 aliphatic rings. The van der Waals surface area contributed by atoms with Gasteiger partial charge in [-0.2, -0.15) is 0 Å². The van der Waals surface area contributed by atoms with Crippen LogP contribution in [0.25, 0.3) is 92.6 Å². The fourth-order valence-electron chi connectivity index (χ4n) is 6.99. The Bertz CT molecular complexity index is 2760. The van der Waals surface area contributed by atoms with Gasteiger partial charge in [0.15, 0.2) is 17.5 Å². The quantitative estimate of drug-likeness (QED) is 0.194. The fraction of sp³-hybridized carbons (Fsp3) is 0. The van der Waals surface area contributed by atoms with Crippen molar-refractivity contribution in [3.8, 4) is 39.9 Å². The lowest BCUT2D eigenvalue weighted by Gasteiger charge is -2.11. The van der Waals surface area contributed by atoms with Crippen LogP contribution < -0.4 is 0 Å². The molecule has 0 saturated heterocycles. The SMILES string of the molecule is c1ccc(-c2nc(-c3ccccc3)nc(-c3ccc(-n4c5ccccc5c5c6sc7c8ccccc8ccc7c6ccc54)cc3)n2)cc1. The molecule has 0 amide bonds. The highest BCUT2D eigenvalue weighted by atomic mass is 32.1. The molecule has 0 aliphatic carbocycles. The van der Waals surface area contributed by atoms with Crippen LogP contribution in [0.4, 0.5) is 0 Å². The summed E-state index contributed by atoms with van der Waals surface area (Å²) in [6, 6.07) is 55.4. The molecule has 3 aromatic heterocycles. The molecule has 224 valence electrons. The Labute approximate surface area is 280 Å². The van der Waals surface area contributed by atoms with Crippen LogP contribution in [0.15, 0.2) is 158 Å². The van der Waals surface area contributed by atoms with Crippen molar-refractivity contribution in [1.82, 2.24) is 19.5 Å². The van der Waals surface area contributed by atoms with E-state index in [1.54, 1.807) is 0 Å². The first kappa shape index (κ1) is 27.0. The number of benzene rings is 7. The lowest BCUT2D eigenvalue weighted by molar-refractivity contribution is 1.07. The zero-order valence-electron chi connectivity index (χ0n) is 25.7. The van der Waals surface area contributed by atoms with Crippen LogP contribution >= 0.6 is 11.3 Å². The summed E-state index contributed by atoms with van der Waals surface area (Å²) in [6.07, 6.45) is 0. The number of hydrogen-bond donors (Lipinski definition) is 0. The van der Waals surface area contributed by atoms with Gasteiger partial charge in [0, 0.05) is 53.3 Å². The van der Waals surface area contributed by atoms with E-state index in [2.05, 4.69) is 102 Å². The average Bonchev–Trinajstić information content (AvgIpc) is 3.72. The van der Waals surface area contributed by atoms with Gasteiger partial charge in [-0.1, -0.05) is 121 Å². The average molecular weight is 631 g/mol. The van der Waals surface area contributed by atoms with Gasteiger partial charge in [-0.25, -0.2) is 15.0 Å². The first-order valence-electron chi connectivity index (χ1n) is 16.0. The van der Waals surface area contributed by atoms with Gasteiger partial charge in [0.05, 0.1) is 11.0 Å². The van der Waals surface area contributed by atoms with Gasteiger partial charge in [-0.05, 0) is 47.2 Å². The van der Waals surface area contributed by atoms with Crippen LogP contribution in [0.5, 0.6) is 0 Å². The maximum Gasteiger partial charge on any atom is 0.164 e. The Morgan fingerprint density at radius 1 is 0.375 bits per heavy atom. The molecule has 0 bridgehead atoms. The number of fused-ring (bicyclic) bond motifs is 9. The van der Waals surface area contributed by atoms with E-state index >= 15 is 0 Å². The molecule has 3 heterocycles. The molecule has 10 rings (SSSR count). The zero-order valence-corrected chi connectivity index (χ0v) is 26.5. The zero-order chi connectivity index (χ0) is 31.6. The molecule has 0 saturated carbocycles. The number of aromatic nitrogens is 4. The van der Waals surface area contributed by atoms with Crippen molar-refractivity contribution in [2.45, 2.75) is 0 Å². The third kappa shape index (κ3) is 4.18. The van der Waals surface area contributed by atoms with Gasteiger partial charge in [0.1, 0.15) is 0 Å². The van der Waals surface area contributed by atoms with Crippen LogP contribution in [0.3, 0.4) is 0 Å². The molecule has 0 aliphatic heterocycles. The first-order valence-corrected chi connectivity index (χ1v) is 16.9. The standard InChI is InChI=1S/C43H26N4S/c1-3-12-28(13-4-1)41-44-42(29-14-5-2-6-15-29)46-43(45-41)30-19-22-31(23-20-30)47-36-18-10-9-17-35(36)38-37(47)26-25-34-33-24-21-27-11-7-8-16-32(27)39(33)48-40(34)38/h1-26H. The molecule has 0 fully saturated rings. The van der Waals surface area contributed by atoms with Crippen molar-refractivity contribution < 1.29 is 0 Å². The summed E-state index contributed by atoms with van der Waals surface area (Å²) in [7, 11) is 0. The van der Waals surface area contributed by atoms with Gasteiger partial charge in [0.25, 0.3) is 0 Å². The Balaban J connectivity index is 1.15. The molecular weight excluding hydrogens is 605 g/mol. The molecule has 48 heavy (non-hydrogen) atoms. The number of nitrogens with zero attached hydrogens (tertiary/aromatic N) is 4. The van der Waals surface area contributed by atoms with E-state index in [1.165, 1.54) is 52.8 Å². The second kappa shape index (κ2) is 10.7. The molecule has 0 atom stereocenters. The van der Waals surface area contributed by atoms with E-state index in [9.17, 15) is 0 Å². The molecule has 7 aromatic carbocycles. The minimum absolute atomic E-state index is 0.649. The normalized spacial score (nSPS) is 11.8. The van der Waals surface area contributed by atoms with E-state index in [4.69, 9.17) is 15.0 Å². The highest BCUT2D eigenvalue weighted by Gasteiger charge is 2.19. The van der Waals surface area contributed by atoms with Gasteiger partial charge in [0.2, 0.25) is 0 Å². The van der Waals surface area contributed by atoms with E-state index < -0.39 is 0 Å². The monoisotopic (exact) mass is 630 g/mol. The molecular formula is C43H26N4S. The van der Waals surface area contributed by atoms with Crippen molar-refractivity contribution in [2.24, 2.45) is 0 Å². The van der Waals surface area contributed by atoms with Gasteiger partial charge in [-0.3, -0.25) is 0 Å². The maximum atomic E-state index is 4.94. The van der Waals surface area contributed by atoms with E-state index in [0.29, 0.717) is 17.5 Å². The predicted molar refractivity (Wildman–Crippen MR) is 201 cm³/mol. The molecule has 5 heteroatoms. The Hall–Kier alpha value is -6.17. The third-order valence-corrected chi connectivity index (χ3v) is 10.5. The Kier molecular flexibility index (Phi) is 6.01. The summed E-state index contributed by atoms with van der Waals surface area (Å²) in [4.78, 5) is 14.7. The van der Waals surface area contributed by atoms with Crippen LogP contribution in [0, 0.1) is 0 Å². The second-order valence-electron chi connectivity index (χ2n) is 12.0. The van der Waals surface area contributed by atoms with Crippen molar-refractivity contribution in [3.63, 3.8) is 0 Å². The largest absolute Gasteiger partial charge is 0.309 e. The highest BCUT2D eigenvalue weighted by molar-refractivity contribution is 7.27. The van der Waals surface area contributed by atoms with E-state index in [-0.39, 0.29) is 0 Å². The van der Waals surface area contributed by atoms with Gasteiger partial charge in [-0.15, -0.1) is 11.3 Å². The highest BCUT2D eigenvalue weighted by Crippen LogP contribution is 2.45. The minimum atomic E-state index is 0.649. The molecule has 10 aromatic rings. The first-order chi connectivity index (χ1) is 23.8. The van der Waals surface area contributed by atoms with E-state index in [1.807, 2.05) is 72.0 Å². The smallest absolute Gasteiger partial charge is 0.164 e. The van der Waals surface area contributed by atoms with Gasteiger partial charge < -0.3 is 4.57 Å². The summed E-state index contributed by atoms with van der Waals surface area (Å²) in [6.45, 7) is 0. The van der Waals surface area contributed by atoms with Crippen molar-refractivity contribution in [3.05, 3.63) is 158 Å². The van der Waals surface area contributed by atoms with Crippen molar-refractivity contribution >= 4 is 64.1 Å². The molecule has 4 nitrogen and oxygen atoms in total. The second-order valence-corrected chi connectivity index (χ2v) is 13.1. The fourth-order valence-corrected chi connectivity index (χ4v) is 8.38. The summed E-state index contributed by atoms with van der Waals surface area (Å²) in [5.41, 5.74) is 6.34. The van der Waals surface area contributed by atoms with Crippen LogP contribution in [-0.4, -0.2) is 19.5 Å². The summed E-state index contributed by atoms with van der Waals surface area (Å²) in [5.74, 6) is 1.97. The third-order valence-electron chi connectivity index (χ3n) is 9.25. The maximum absolute atomic E-state index is 4.94. The lowest BCUT2D eigenvalue weighted by Crippen LogP contribution is -2.00. The number of para-hydroxylation sites is 1. The van der Waals surface area contributed by atoms with Crippen LogP contribution in [-0.2, 0) is 0 Å². The van der Waals surface area contributed by atoms with E-state index in [0.717, 1.165) is 22.4 Å². The lowest BCUT2D eigenvalue weighted by atomic mass is 10.0. The summed E-state index contributed by atoms with van der Waals surface area (Å²) < 4.78 is 5.06. The number of hydrogen-bond acceptors (Lipinski definition) is 4. The summed E-state index contributed by atoms with van der Waals surface area (Å²) >= 11 is 1.91. The Morgan fingerprint density at radius 2 is 0.917 bits per heavy atom. The van der Waals surface area contributed by atoms with Crippen LogP contribution in [0.1, 0.15) is 0 Å². The van der Waals surface area contributed by atoms with Crippen molar-refractivity contribution in [2.75, 3.05) is 0 Å². The molecule has 0 spiro atoms. The minimum Gasteiger partial charge on any atom is -0.309 e.